The summed E-state index contributed by atoms with van der Waals surface area (Å²) in [7, 11) is -3.62. The number of carbonyl (C=O) groups excluding carboxylic acids is 1. The zero-order valence-corrected chi connectivity index (χ0v) is 13.2. The van der Waals surface area contributed by atoms with Gasteiger partial charge in [0.2, 0.25) is 21.2 Å². The van der Waals surface area contributed by atoms with Gasteiger partial charge in [0.25, 0.3) is 0 Å². The summed E-state index contributed by atoms with van der Waals surface area (Å²) in [6.45, 7) is 3.07. The molecular weight excluding hydrogens is 316 g/mol. The predicted octanol–water partition coefficient (Wildman–Crippen LogP) is 0.667. The van der Waals surface area contributed by atoms with Crippen molar-refractivity contribution in [3.63, 3.8) is 0 Å². The molecule has 1 aromatic heterocycles. The van der Waals surface area contributed by atoms with Crippen LogP contribution in [0.25, 0.3) is 0 Å². The van der Waals surface area contributed by atoms with Crippen molar-refractivity contribution in [1.29, 1.82) is 0 Å². The van der Waals surface area contributed by atoms with Crippen LogP contribution in [0, 0.1) is 5.92 Å². The first kappa shape index (κ1) is 16.1. The lowest BCUT2D eigenvalue weighted by Crippen LogP contribution is -2.43. The van der Waals surface area contributed by atoms with Gasteiger partial charge in [-0.3, -0.25) is 4.79 Å². The molecule has 7 nitrogen and oxygen atoms in total. The van der Waals surface area contributed by atoms with Crippen molar-refractivity contribution in [2.45, 2.75) is 24.7 Å². The average Bonchev–Trinajstić information content (AvgIpc) is 2.48. The van der Waals surface area contributed by atoms with E-state index in [-0.39, 0.29) is 22.0 Å². The molecule has 1 N–H and O–H groups in total. The molecule has 0 aliphatic carbocycles. The summed E-state index contributed by atoms with van der Waals surface area (Å²) in [5, 5.41) is 2.77. The Labute approximate surface area is 128 Å². The lowest BCUT2D eigenvalue weighted by atomic mass is 9.97. The standard InChI is InChI=1S/C12H17ClN4O3S/c1-2-14-11(18)9-3-5-17(6-4-9)21(19,20)10-7-15-12(13)16-8-10/h7-9H,2-6H2,1H3,(H,14,18). The summed E-state index contributed by atoms with van der Waals surface area (Å²) in [5.41, 5.74) is 0. The zero-order chi connectivity index (χ0) is 15.5. The van der Waals surface area contributed by atoms with E-state index < -0.39 is 10.0 Å². The summed E-state index contributed by atoms with van der Waals surface area (Å²) >= 11 is 5.56. The van der Waals surface area contributed by atoms with Gasteiger partial charge in [0.1, 0.15) is 4.90 Å². The first-order valence-corrected chi connectivity index (χ1v) is 8.52. The molecule has 0 radical (unpaired) electrons. The summed E-state index contributed by atoms with van der Waals surface area (Å²) in [4.78, 5) is 19.1. The van der Waals surface area contributed by atoms with E-state index in [1.807, 2.05) is 6.92 Å². The van der Waals surface area contributed by atoms with Gasteiger partial charge >= 0.3 is 0 Å². The maximum atomic E-state index is 12.4. The van der Waals surface area contributed by atoms with Crippen LogP contribution < -0.4 is 5.32 Å². The SMILES string of the molecule is CCNC(=O)C1CCN(S(=O)(=O)c2cnc(Cl)nc2)CC1. The molecule has 2 heterocycles. The number of carbonyl (C=O) groups is 1. The van der Waals surface area contributed by atoms with Gasteiger partial charge < -0.3 is 5.32 Å². The van der Waals surface area contributed by atoms with Gasteiger partial charge in [-0.25, -0.2) is 18.4 Å². The molecule has 0 atom stereocenters. The fourth-order valence-electron chi connectivity index (χ4n) is 2.26. The van der Waals surface area contributed by atoms with E-state index >= 15 is 0 Å². The Bertz CT molecular complexity index is 597. The molecule has 1 aromatic rings. The number of sulfonamides is 1. The Morgan fingerprint density at radius 1 is 1.38 bits per heavy atom. The molecule has 0 saturated carbocycles. The van der Waals surface area contributed by atoms with Gasteiger partial charge in [-0.05, 0) is 31.4 Å². The second-order valence-electron chi connectivity index (χ2n) is 4.76. The Kier molecular flexibility index (Phi) is 5.13. The second-order valence-corrected chi connectivity index (χ2v) is 7.04. The van der Waals surface area contributed by atoms with E-state index in [0.717, 1.165) is 0 Å². The third kappa shape index (κ3) is 3.69. The number of hydrogen-bond acceptors (Lipinski definition) is 5. The number of aromatic nitrogens is 2. The van der Waals surface area contributed by atoms with Gasteiger partial charge in [-0.1, -0.05) is 0 Å². The molecule has 1 aliphatic rings. The molecule has 0 aromatic carbocycles. The number of halogens is 1. The highest BCUT2D eigenvalue weighted by molar-refractivity contribution is 7.89. The summed E-state index contributed by atoms with van der Waals surface area (Å²) in [5.74, 6) is -0.137. The molecule has 2 rings (SSSR count). The normalized spacial score (nSPS) is 17.6. The van der Waals surface area contributed by atoms with E-state index in [1.54, 1.807) is 0 Å². The number of rotatable bonds is 4. The van der Waals surface area contributed by atoms with Crippen LogP contribution in [-0.4, -0.2) is 48.2 Å². The van der Waals surface area contributed by atoms with E-state index in [0.29, 0.717) is 32.5 Å². The fourth-order valence-corrected chi connectivity index (χ4v) is 3.72. The van der Waals surface area contributed by atoms with Crippen LogP contribution in [0.2, 0.25) is 5.28 Å². The average molecular weight is 333 g/mol. The largest absolute Gasteiger partial charge is 0.356 e. The third-order valence-corrected chi connectivity index (χ3v) is 5.46. The molecule has 0 bridgehead atoms. The van der Waals surface area contributed by atoms with E-state index in [1.165, 1.54) is 16.7 Å². The van der Waals surface area contributed by atoms with Gasteiger partial charge in [0.05, 0.1) is 12.4 Å². The number of nitrogens with one attached hydrogen (secondary N) is 1. The van der Waals surface area contributed by atoms with Crippen LogP contribution in [0.15, 0.2) is 17.3 Å². The van der Waals surface area contributed by atoms with Crippen molar-refractivity contribution in [3.05, 3.63) is 17.7 Å². The first-order chi connectivity index (χ1) is 9.95. The highest BCUT2D eigenvalue weighted by Gasteiger charge is 2.32. The van der Waals surface area contributed by atoms with Gasteiger partial charge in [0.15, 0.2) is 0 Å². The maximum absolute atomic E-state index is 12.4. The smallest absolute Gasteiger partial charge is 0.246 e. The summed E-state index contributed by atoms with van der Waals surface area (Å²) in [6, 6.07) is 0. The van der Waals surface area contributed by atoms with Crippen molar-refractivity contribution < 1.29 is 13.2 Å². The molecule has 1 aliphatic heterocycles. The lowest BCUT2D eigenvalue weighted by Gasteiger charge is -2.30. The van der Waals surface area contributed by atoms with Gasteiger partial charge in [-0.15, -0.1) is 0 Å². The van der Waals surface area contributed by atoms with Crippen LogP contribution in [-0.2, 0) is 14.8 Å². The molecule has 116 valence electrons. The first-order valence-electron chi connectivity index (χ1n) is 6.70. The predicted molar refractivity (Wildman–Crippen MR) is 77.2 cm³/mol. The molecule has 1 amide bonds. The van der Waals surface area contributed by atoms with Crippen LogP contribution in [0.5, 0.6) is 0 Å². The highest BCUT2D eigenvalue weighted by Crippen LogP contribution is 2.23. The Morgan fingerprint density at radius 3 is 2.48 bits per heavy atom. The molecule has 1 fully saturated rings. The second kappa shape index (κ2) is 6.67. The highest BCUT2D eigenvalue weighted by atomic mass is 35.5. The topological polar surface area (TPSA) is 92.3 Å². The fraction of sp³-hybridized carbons (Fsp3) is 0.583. The van der Waals surface area contributed by atoms with Crippen LogP contribution >= 0.6 is 11.6 Å². The van der Waals surface area contributed by atoms with E-state index in [9.17, 15) is 13.2 Å². The monoisotopic (exact) mass is 332 g/mol. The van der Waals surface area contributed by atoms with Crippen molar-refractivity contribution in [2.75, 3.05) is 19.6 Å². The Balaban J connectivity index is 2.04. The van der Waals surface area contributed by atoms with E-state index in [2.05, 4.69) is 15.3 Å². The summed E-state index contributed by atoms with van der Waals surface area (Å²) in [6.07, 6.45) is 3.42. The van der Waals surface area contributed by atoms with Gasteiger partial charge in [0, 0.05) is 25.6 Å². The van der Waals surface area contributed by atoms with Crippen molar-refractivity contribution in [1.82, 2.24) is 19.6 Å². The van der Waals surface area contributed by atoms with E-state index in [4.69, 9.17) is 11.6 Å². The lowest BCUT2D eigenvalue weighted by molar-refractivity contribution is -0.126. The number of hydrogen-bond donors (Lipinski definition) is 1. The molecule has 9 heteroatoms. The molecular formula is C12H17ClN4O3S. The minimum atomic E-state index is -3.62. The Morgan fingerprint density at radius 2 is 1.95 bits per heavy atom. The van der Waals surface area contributed by atoms with Crippen LogP contribution in [0.4, 0.5) is 0 Å². The minimum Gasteiger partial charge on any atom is -0.356 e. The molecule has 0 spiro atoms. The number of piperidine rings is 1. The van der Waals surface area contributed by atoms with Crippen LogP contribution in [0.1, 0.15) is 19.8 Å². The zero-order valence-electron chi connectivity index (χ0n) is 11.6. The third-order valence-electron chi connectivity index (χ3n) is 3.41. The Hall–Kier alpha value is -1.25. The quantitative estimate of drug-likeness (QED) is 0.818. The van der Waals surface area contributed by atoms with Crippen molar-refractivity contribution in [2.24, 2.45) is 5.92 Å². The number of nitrogens with zero attached hydrogens (tertiary/aromatic N) is 3. The van der Waals surface area contributed by atoms with Gasteiger partial charge in [-0.2, -0.15) is 4.31 Å². The maximum Gasteiger partial charge on any atom is 0.246 e. The van der Waals surface area contributed by atoms with Crippen LogP contribution in [0.3, 0.4) is 0 Å². The number of amides is 1. The molecule has 0 unspecified atom stereocenters. The molecule has 1 saturated heterocycles. The van der Waals surface area contributed by atoms with Crippen molar-refractivity contribution >= 4 is 27.5 Å². The van der Waals surface area contributed by atoms with Crippen molar-refractivity contribution in [3.8, 4) is 0 Å². The summed E-state index contributed by atoms with van der Waals surface area (Å²) < 4.78 is 26.2. The minimum absolute atomic E-state index is 0.00361. The molecule has 21 heavy (non-hydrogen) atoms.